The number of ether oxygens (including phenoxy) is 2. The minimum Gasteiger partial charge on any atom is -0.444 e. The number of fused-ring (bicyclic) bond motifs is 1. The third-order valence-corrected chi connectivity index (χ3v) is 5.80. The number of hydrogen-bond donors (Lipinski definition) is 1. The van der Waals surface area contributed by atoms with Gasteiger partial charge in [0.15, 0.2) is 0 Å². The molecule has 4 atom stereocenters. The summed E-state index contributed by atoms with van der Waals surface area (Å²) in [5, 5.41) is 11.2. The number of nitrogens with zero attached hydrogens (tertiary/aromatic N) is 1. The highest BCUT2D eigenvalue weighted by Gasteiger charge is 2.50. The molecule has 1 aromatic carbocycles. The summed E-state index contributed by atoms with van der Waals surface area (Å²) in [6, 6.07) is 9.73. The topological polar surface area (TPSA) is 59.0 Å². The van der Waals surface area contributed by atoms with E-state index < -0.39 is 5.60 Å². The Morgan fingerprint density at radius 1 is 1.27 bits per heavy atom. The second kappa shape index (κ2) is 7.30. The van der Waals surface area contributed by atoms with E-state index in [1.165, 1.54) is 0 Å². The summed E-state index contributed by atoms with van der Waals surface area (Å²) in [6.07, 6.45) is 3.54. The lowest BCUT2D eigenvalue weighted by molar-refractivity contribution is -0.0181. The molecular weight excluding hydrogens is 330 g/mol. The van der Waals surface area contributed by atoms with Gasteiger partial charge in [-0.15, -0.1) is 0 Å². The first-order chi connectivity index (χ1) is 12.7. The number of likely N-dealkylation sites (tertiary alicyclic amines) is 1. The molecule has 3 fully saturated rings. The Morgan fingerprint density at radius 3 is 2.88 bits per heavy atom. The van der Waals surface area contributed by atoms with Gasteiger partial charge in [0.1, 0.15) is 11.7 Å². The number of carbonyl (C=O) groups excluding carboxylic acids is 1. The normalized spacial score (nSPS) is 33.3. The van der Waals surface area contributed by atoms with Crippen LogP contribution in [0.2, 0.25) is 0 Å². The molecule has 0 aromatic heterocycles. The molecule has 4 rings (SSSR count). The van der Waals surface area contributed by atoms with Crippen molar-refractivity contribution < 1.29 is 19.4 Å². The molecule has 0 spiro atoms. The average molecular weight is 355 g/mol. The predicted molar refractivity (Wildman–Crippen MR) is 96.4 cm³/mol. The molecular formula is C21H25NO4. The second-order valence-electron chi connectivity index (χ2n) is 7.46. The van der Waals surface area contributed by atoms with E-state index in [9.17, 15) is 9.90 Å². The van der Waals surface area contributed by atoms with Crippen LogP contribution in [0.5, 0.6) is 0 Å². The maximum Gasteiger partial charge on any atom is 0.410 e. The lowest BCUT2D eigenvalue weighted by Crippen LogP contribution is -2.50. The molecule has 138 valence electrons. The zero-order chi connectivity index (χ0) is 18.0. The van der Waals surface area contributed by atoms with E-state index in [0.29, 0.717) is 26.2 Å². The molecule has 3 aliphatic rings. The molecule has 1 amide bonds. The lowest BCUT2D eigenvalue weighted by atomic mass is 9.73. The first-order valence-electron chi connectivity index (χ1n) is 9.51. The summed E-state index contributed by atoms with van der Waals surface area (Å²) in [5.74, 6) is 6.23. The van der Waals surface area contributed by atoms with Gasteiger partial charge >= 0.3 is 6.09 Å². The largest absolute Gasteiger partial charge is 0.444 e. The maximum absolute atomic E-state index is 12.6. The van der Waals surface area contributed by atoms with Crippen molar-refractivity contribution in [1.82, 2.24) is 4.90 Å². The highest BCUT2D eigenvalue weighted by Crippen LogP contribution is 2.43. The van der Waals surface area contributed by atoms with Crippen molar-refractivity contribution in [2.45, 2.75) is 49.9 Å². The zero-order valence-electron chi connectivity index (χ0n) is 14.9. The van der Waals surface area contributed by atoms with E-state index in [-0.39, 0.29) is 24.2 Å². The van der Waals surface area contributed by atoms with Crippen LogP contribution in [0.1, 0.15) is 37.7 Å². The molecule has 5 nitrogen and oxygen atoms in total. The Hall–Kier alpha value is -2.03. The summed E-state index contributed by atoms with van der Waals surface area (Å²) < 4.78 is 10.9. The van der Waals surface area contributed by atoms with Crippen LogP contribution < -0.4 is 0 Å². The molecule has 2 saturated heterocycles. The van der Waals surface area contributed by atoms with Gasteiger partial charge in [0.25, 0.3) is 0 Å². The highest BCUT2D eigenvalue weighted by molar-refractivity contribution is 5.69. The van der Waals surface area contributed by atoms with Gasteiger partial charge in [-0.05, 0) is 37.8 Å². The van der Waals surface area contributed by atoms with Gasteiger partial charge in [0.05, 0.1) is 13.2 Å². The number of benzene rings is 1. The quantitative estimate of drug-likeness (QED) is 0.787. The smallest absolute Gasteiger partial charge is 0.410 e. The van der Waals surface area contributed by atoms with Gasteiger partial charge in [-0.25, -0.2) is 4.79 Å². The van der Waals surface area contributed by atoms with Gasteiger partial charge in [0, 0.05) is 30.5 Å². The number of amides is 1. The van der Waals surface area contributed by atoms with Crippen LogP contribution in [0.4, 0.5) is 4.79 Å². The van der Waals surface area contributed by atoms with Crippen LogP contribution in [0.25, 0.3) is 0 Å². The van der Waals surface area contributed by atoms with Crippen LogP contribution >= 0.6 is 0 Å². The lowest BCUT2D eigenvalue weighted by Gasteiger charge is -2.40. The highest BCUT2D eigenvalue weighted by atomic mass is 16.6. The maximum atomic E-state index is 12.6. The van der Waals surface area contributed by atoms with Crippen LogP contribution in [0.3, 0.4) is 0 Å². The Balaban J connectivity index is 1.47. The Morgan fingerprint density at radius 2 is 2.12 bits per heavy atom. The van der Waals surface area contributed by atoms with Gasteiger partial charge in [-0.1, -0.05) is 30.0 Å². The van der Waals surface area contributed by atoms with E-state index in [1.54, 1.807) is 4.90 Å². The number of carbonyl (C=O) groups is 1. The number of hydrogen-bond acceptors (Lipinski definition) is 4. The van der Waals surface area contributed by atoms with Crippen molar-refractivity contribution in [2.75, 3.05) is 19.8 Å². The third kappa shape index (κ3) is 3.44. The van der Waals surface area contributed by atoms with E-state index in [0.717, 1.165) is 31.2 Å². The van der Waals surface area contributed by atoms with Crippen LogP contribution in [0.15, 0.2) is 30.3 Å². The summed E-state index contributed by atoms with van der Waals surface area (Å²) in [7, 11) is 0. The molecule has 2 aliphatic heterocycles. The second-order valence-corrected chi connectivity index (χ2v) is 7.46. The van der Waals surface area contributed by atoms with Crippen molar-refractivity contribution in [3.63, 3.8) is 0 Å². The minimum absolute atomic E-state index is 0.00800. The average Bonchev–Trinajstić information content (AvgIpc) is 3.31. The first kappa shape index (κ1) is 17.4. The van der Waals surface area contributed by atoms with E-state index in [1.807, 2.05) is 30.3 Å². The molecule has 0 bridgehead atoms. The molecule has 1 N–H and O–H groups in total. The van der Waals surface area contributed by atoms with Gasteiger partial charge in [-0.3, -0.25) is 0 Å². The molecule has 4 unspecified atom stereocenters. The van der Waals surface area contributed by atoms with Crippen molar-refractivity contribution in [3.05, 3.63) is 35.9 Å². The van der Waals surface area contributed by atoms with Crippen LogP contribution in [-0.4, -0.2) is 53.6 Å². The van der Waals surface area contributed by atoms with E-state index >= 15 is 0 Å². The SMILES string of the molecule is O=C(OC1CCOC1)N1CCC2C1CCCC2(O)C#Cc1ccccc1. The van der Waals surface area contributed by atoms with Crippen molar-refractivity contribution in [1.29, 1.82) is 0 Å². The fraction of sp³-hybridized carbons (Fsp3) is 0.571. The molecule has 0 radical (unpaired) electrons. The molecule has 5 heteroatoms. The molecule has 26 heavy (non-hydrogen) atoms. The molecule has 1 saturated carbocycles. The van der Waals surface area contributed by atoms with Crippen molar-refractivity contribution in [2.24, 2.45) is 5.92 Å². The van der Waals surface area contributed by atoms with Gasteiger partial charge in [-0.2, -0.15) is 0 Å². The van der Waals surface area contributed by atoms with Crippen LogP contribution in [0, 0.1) is 17.8 Å². The van der Waals surface area contributed by atoms with Gasteiger partial charge < -0.3 is 19.5 Å². The molecule has 1 aliphatic carbocycles. The van der Waals surface area contributed by atoms with Crippen LogP contribution in [-0.2, 0) is 9.47 Å². The minimum atomic E-state index is -1.04. The Kier molecular flexibility index (Phi) is 4.88. The predicted octanol–water partition coefficient (Wildman–Crippen LogP) is 2.57. The van der Waals surface area contributed by atoms with E-state index in [4.69, 9.17) is 9.47 Å². The monoisotopic (exact) mass is 355 g/mol. The van der Waals surface area contributed by atoms with E-state index in [2.05, 4.69) is 11.8 Å². The van der Waals surface area contributed by atoms with Crippen molar-refractivity contribution in [3.8, 4) is 11.8 Å². The first-order valence-corrected chi connectivity index (χ1v) is 9.51. The summed E-state index contributed by atoms with van der Waals surface area (Å²) >= 11 is 0. The number of aliphatic hydroxyl groups is 1. The standard InChI is InChI=1S/C21H25NO4/c23-20(26-17-10-14-25-15-17)22-13-9-18-19(22)7-4-11-21(18,24)12-8-16-5-2-1-3-6-16/h1-3,5-6,17-19,24H,4,7,9-11,13-15H2. The van der Waals surface area contributed by atoms with Gasteiger partial charge in [0.2, 0.25) is 0 Å². The fourth-order valence-corrected chi connectivity index (χ4v) is 4.43. The molecule has 1 aromatic rings. The Bertz CT molecular complexity index is 704. The van der Waals surface area contributed by atoms with Crippen molar-refractivity contribution >= 4 is 6.09 Å². The zero-order valence-corrected chi connectivity index (χ0v) is 14.9. The fourth-order valence-electron chi connectivity index (χ4n) is 4.43. The summed E-state index contributed by atoms with van der Waals surface area (Å²) in [4.78, 5) is 14.4. The number of rotatable bonds is 1. The molecule has 2 heterocycles. The summed E-state index contributed by atoms with van der Waals surface area (Å²) in [6.45, 7) is 1.76. The third-order valence-electron chi connectivity index (χ3n) is 5.80. The Labute approximate surface area is 154 Å². The summed E-state index contributed by atoms with van der Waals surface area (Å²) in [5.41, 5.74) is -0.136.